The summed E-state index contributed by atoms with van der Waals surface area (Å²) in [6.07, 6.45) is 1.34. The number of nitriles is 1. The number of ether oxygens (including phenoxy) is 2. The van der Waals surface area contributed by atoms with Crippen LogP contribution in [0.3, 0.4) is 0 Å². The number of pyridine rings is 1. The number of carbonyl (C=O) groups excluding carboxylic acids is 1. The van der Waals surface area contributed by atoms with E-state index in [0.29, 0.717) is 35.3 Å². The second-order valence-electron chi connectivity index (χ2n) is 6.51. The summed E-state index contributed by atoms with van der Waals surface area (Å²) in [5.74, 6) is 0.917. The Morgan fingerprint density at radius 1 is 1.27 bits per heavy atom. The van der Waals surface area contributed by atoms with Gasteiger partial charge in [-0.25, -0.2) is 4.98 Å². The van der Waals surface area contributed by atoms with Gasteiger partial charge in [0.1, 0.15) is 17.9 Å². The molecule has 0 bridgehead atoms. The highest BCUT2D eigenvalue weighted by atomic mass is 35.5. The molecule has 0 spiro atoms. The van der Waals surface area contributed by atoms with Crippen LogP contribution in [0.15, 0.2) is 42.6 Å². The molecular formula is C19H18ClN3O3. The number of benzene rings is 1. The molecule has 1 saturated heterocycles. The maximum Gasteiger partial charge on any atom is 0.266 e. The van der Waals surface area contributed by atoms with E-state index in [1.807, 2.05) is 6.07 Å². The van der Waals surface area contributed by atoms with Gasteiger partial charge in [-0.2, -0.15) is 5.26 Å². The lowest BCUT2D eigenvalue weighted by Crippen LogP contribution is -2.61. The van der Waals surface area contributed by atoms with Crippen LogP contribution >= 0.6 is 11.6 Å². The van der Waals surface area contributed by atoms with Crippen molar-refractivity contribution in [3.63, 3.8) is 0 Å². The normalized spacial score (nSPS) is 14.3. The molecule has 0 atom stereocenters. The summed E-state index contributed by atoms with van der Waals surface area (Å²) < 4.78 is 11.5. The van der Waals surface area contributed by atoms with Crippen LogP contribution in [0.2, 0.25) is 5.02 Å². The Kier molecular flexibility index (Phi) is 5.01. The number of likely N-dealkylation sites (tertiary alicyclic amines) is 1. The Bertz CT molecular complexity index is 823. The van der Waals surface area contributed by atoms with Crippen LogP contribution in [0.1, 0.15) is 19.4 Å². The highest BCUT2D eigenvalue weighted by molar-refractivity contribution is 6.30. The number of hydrogen-bond acceptors (Lipinski definition) is 5. The smallest absolute Gasteiger partial charge is 0.266 e. The lowest BCUT2D eigenvalue weighted by Gasteiger charge is -2.42. The number of rotatable bonds is 5. The van der Waals surface area contributed by atoms with E-state index in [9.17, 15) is 4.79 Å². The minimum absolute atomic E-state index is 0.111. The Hall–Kier alpha value is -2.78. The van der Waals surface area contributed by atoms with Crippen molar-refractivity contribution in [1.82, 2.24) is 9.88 Å². The standard InChI is InChI=1S/C19H18ClN3O3/c1-19(2,26-15-6-4-14(20)5-7-15)18(24)23-11-16(12-23)25-17-8-3-13(9-21)10-22-17/h3-8,10,16H,11-12H2,1-2H3. The lowest BCUT2D eigenvalue weighted by atomic mass is 10.0. The Balaban J connectivity index is 1.53. The lowest BCUT2D eigenvalue weighted by molar-refractivity contribution is -0.154. The van der Waals surface area contributed by atoms with Gasteiger partial charge in [0, 0.05) is 17.3 Å². The SMILES string of the molecule is CC(C)(Oc1ccc(Cl)cc1)C(=O)N1CC(Oc2ccc(C#N)cn2)C1. The van der Waals surface area contributed by atoms with Crippen LogP contribution in [0.4, 0.5) is 0 Å². The third kappa shape index (κ3) is 4.06. The van der Waals surface area contributed by atoms with Crippen molar-refractivity contribution >= 4 is 17.5 Å². The van der Waals surface area contributed by atoms with Crippen molar-refractivity contribution in [2.75, 3.05) is 13.1 Å². The molecule has 1 fully saturated rings. The minimum Gasteiger partial charge on any atom is -0.478 e. The van der Waals surface area contributed by atoms with Crippen LogP contribution in [0.25, 0.3) is 0 Å². The molecular weight excluding hydrogens is 354 g/mol. The highest BCUT2D eigenvalue weighted by Gasteiger charge is 2.41. The summed E-state index contributed by atoms with van der Waals surface area (Å²) >= 11 is 5.86. The van der Waals surface area contributed by atoms with E-state index in [-0.39, 0.29) is 12.0 Å². The van der Waals surface area contributed by atoms with Crippen molar-refractivity contribution in [3.8, 4) is 17.7 Å². The molecule has 6 nitrogen and oxygen atoms in total. The first-order chi connectivity index (χ1) is 12.4. The Morgan fingerprint density at radius 2 is 1.96 bits per heavy atom. The molecule has 1 amide bonds. The van der Waals surface area contributed by atoms with Gasteiger partial charge in [-0.3, -0.25) is 4.79 Å². The van der Waals surface area contributed by atoms with Crippen molar-refractivity contribution in [3.05, 3.63) is 53.2 Å². The van der Waals surface area contributed by atoms with E-state index in [2.05, 4.69) is 4.98 Å². The average molecular weight is 372 g/mol. The summed E-state index contributed by atoms with van der Waals surface area (Å²) in [6.45, 7) is 4.41. The topological polar surface area (TPSA) is 75.4 Å². The van der Waals surface area contributed by atoms with E-state index < -0.39 is 5.60 Å². The minimum atomic E-state index is -0.995. The van der Waals surface area contributed by atoms with Crippen LogP contribution in [-0.2, 0) is 4.79 Å². The second kappa shape index (κ2) is 7.22. The molecule has 2 heterocycles. The first-order valence-electron chi connectivity index (χ1n) is 8.14. The van der Waals surface area contributed by atoms with Gasteiger partial charge in [0.25, 0.3) is 5.91 Å². The van der Waals surface area contributed by atoms with E-state index in [1.165, 1.54) is 6.20 Å². The molecule has 1 aromatic heterocycles. The fourth-order valence-electron chi connectivity index (χ4n) is 2.59. The Morgan fingerprint density at radius 3 is 2.54 bits per heavy atom. The molecule has 0 aliphatic carbocycles. The van der Waals surface area contributed by atoms with Gasteiger partial charge in [-0.1, -0.05) is 11.6 Å². The zero-order valence-corrected chi connectivity index (χ0v) is 15.2. The molecule has 1 aliphatic heterocycles. The van der Waals surface area contributed by atoms with Crippen molar-refractivity contribution in [2.24, 2.45) is 0 Å². The highest BCUT2D eigenvalue weighted by Crippen LogP contribution is 2.25. The largest absolute Gasteiger partial charge is 0.478 e. The van der Waals surface area contributed by atoms with Crippen LogP contribution in [0.5, 0.6) is 11.6 Å². The van der Waals surface area contributed by atoms with Gasteiger partial charge < -0.3 is 14.4 Å². The van der Waals surface area contributed by atoms with E-state index in [4.69, 9.17) is 26.3 Å². The van der Waals surface area contributed by atoms with Crippen LogP contribution in [0, 0.1) is 11.3 Å². The van der Waals surface area contributed by atoms with Gasteiger partial charge in [-0.05, 0) is 44.2 Å². The number of hydrogen-bond donors (Lipinski definition) is 0. The summed E-state index contributed by atoms with van der Waals surface area (Å²) in [5, 5.41) is 9.38. The number of nitrogens with zero attached hydrogens (tertiary/aromatic N) is 3. The monoisotopic (exact) mass is 371 g/mol. The van der Waals surface area contributed by atoms with Crippen molar-refractivity contribution < 1.29 is 14.3 Å². The molecule has 7 heteroatoms. The summed E-state index contributed by atoms with van der Waals surface area (Å²) in [6, 6.07) is 12.2. The van der Waals surface area contributed by atoms with Gasteiger partial charge in [0.2, 0.25) is 5.88 Å². The fourth-order valence-corrected chi connectivity index (χ4v) is 2.71. The maximum atomic E-state index is 12.7. The molecule has 26 heavy (non-hydrogen) atoms. The van der Waals surface area contributed by atoms with Crippen molar-refractivity contribution in [2.45, 2.75) is 25.6 Å². The predicted octanol–water partition coefficient (Wildman–Crippen LogP) is 3.05. The fraction of sp³-hybridized carbons (Fsp3) is 0.316. The number of aromatic nitrogens is 1. The Labute approximate surface area is 156 Å². The molecule has 2 aromatic rings. The molecule has 0 N–H and O–H groups in total. The predicted molar refractivity (Wildman–Crippen MR) is 96.1 cm³/mol. The van der Waals surface area contributed by atoms with Gasteiger partial charge >= 0.3 is 0 Å². The molecule has 0 saturated carbocycles. The number of carbonyl (C=O) groups is 1. The van der Waals surface area contributed by atoms with Crippen molar-refractivity contribution in [1.29, 1.82) is 5.26 Å². The summed E-state index contributed by atoms with van der Waals surface area (Å²) in [7, 11) is 0. The summed E-state index contributed by atoms with van der Waals surface area (Å²) in [5.41, 5.74) is -0.519. The number of halogens is 1. The maximum absolute atomic E-state index is 12.7. The molecule has 1 aliphatic rings. The zero-order chi connectivity index (χ0) is 18.7. The van der Waals surface area contributed by atoms with Gasteiger partial charge in [0.15, 0.2) is 5.60 Å². The molecule has 134 valence electrons. The first-order valence-corrected chi connectivity index (χ1v) is 8.52. The van der Waals surface area contributed by atoms with Crippen LogP contribution in [-0.4, -0.2) is 40.6 Å². The van der Waals surface area contributed by atoms with Crippen LogP contribution < -0.4 is 9.47 Å². The van der Waals surface area contributed by atoms with Gasteiger partial charge in [-0.15, -0.1) is 0 Å². The third-order valence-electron chi connectivity index (χ3n) is 3.99. The quantitative estimate of drug-likeness (QED) is 0.807. The third-order valence-corrected chi connectivity index (χ3v) is 4.24. The second-order valence-corrected chi connectivity index (χ2v) is 6.95. The average Bonchev–Trinajstić information content (AvgIpc) is 2.59. The zero-order valence-electron chi connectivity index (χ0n) is 14.5. The van der Waals surface area contributed by atoms with E-state index >= 15 is 0 Å². The summed E-state index contributed by atoms with van der Waals surface area (Å²) in [4.78, 5) is 18.4. The number of amides is 1. The molecule has 1 aromatic carbocycles. The first kappa shape index (κ1) is 18.0. The van der Waals surface area contributed by atoms with E-state index in [0.717, 1.165) is 0 Å². The van der Waals surface area contributed by atoms with E-state index in [1.54, 1.807) is 55.1 Å². The molecule has 3 rings (SSSR count). The molecule has 0 radical (unpaired) electrons. The molecule has 0 unspecified atom stereocenters. The van der Waals surface area contributed by atoms with Gasteiger partial charge in [0.05, 0.1) is 18.7 Å².